The molecule has 7 nitrogen and oxygen atoms in total. The topological polar surface area (TPSA) is 64.6 Å². The number of nitrogens with one attached hydrogen (secondary N) is 1. The van der Waals surface area contributed by atoms with Gasteiger partial charge in [-0.1, -0.05) is 30.3 Å². The van der Waals surface area contributed by atoms with Gasteiger partial charge in [-0.2, -0.15) is 13.2 Å². The lowest BCUT2D eigenvalue weighted by molar-refractivity contribution is -0.141. The van der Waals surface area contributed by atoms with Gasteiger partial charge in [0.25, 0.3) is 0 Å². The average molecular weight is 473 g/mol. The number of urea groups is 1. The number of halogens is 3. The number of carbonyl (C=O) groups is 1. The summed E-state index contributed by atoms with van der Waals surface area (Å²) in [6.07, 6.45) is 0.322. The predicted molar refractivity (Wildman–Crippen MR) is 119 cm³/mol. The second-order valence-electron chi connectivity index (χ2n) is 10.3. The van der Waals surface area contributed by atoms with E-state index in [1.54, 1.807) is 0 Å². The quantitative estimate of drug-likeness (QED) is 0.741. The van der Waals surface area contributed by atoms with Crippen LogP contribution in [0.2, 0.25) is 0 Å². The van der Waals surface area contributed by atoms with Gasteiger partial charge in [0.1, 0.15) is 5.82 Å². The Morgan fingerprint density at radius 3 is 2.44 bits per heavy atom. The summed E-state index contributed by atoms with van der Waals surface area (Å²) in [6.45, 7) is 4.29. The van der Waals surface area contributed by atoms with Gasteiger partial charge in [0, 0.05) is 38.8 Å². The predicted octanol–water partition coefficient (Wildman–Crippen LogP) is 3.13. The molecule has 2 aromatic rings. The first-order valence-electron chi connectivity index (χ1n) is 11.8. The van der Waals surface area contributed by atoms with Crippen molar-refractivity contribution in [3.05, 3.63) is 54.0 Å². The molecule has 0 radical (unpaired) electrons. The number of nitrogens with zero attached hydrogens (tertiary/aromatic N) is 5. The van der Waals surface area contributed by atoms with Crippen LogP contribution < -0.4 is 10.2 Å². The van der Waals surface area contributed by atoms with E-state index in [9.17, 15) is 18.0 Å². The number of piperazine rings is 1. The minimum atomic E-state index is -4.50. The van der Waals surface area contributed by atoms with Gasteiger partial charge in [-0.05, 0) is 30.2 Å². The lowest BCUT2D eigenvalue weighted by Crippen LogP contribution is -2.67. The normalized spacial score (nSPS) is 26.0. The van der Waals surface area contributed by atoms with Crippen LogP contribution in [0.1, 0.15) is 30.5 Å². The highest BCUT2D eigenvalue weighted by Crippen LogP contribution is 2.49. The van der Waals surface area contributed by atoms with Crippen LogP contribution in [0.4, 0.5) is 23.8 Å². The summed E-state index contributed by atoms with van der Waals surface area (Å²) in [6, 6.07) is 10.8. The highest BCUT2D eigenvalue weighted by molar-refractivity contribution is 5.76. The molecule has 1 aromatic carbocycles. The van der Waals surface area contributed by atoms with Crippen molar-refractivity contribution in [2.45, 2.75) is 50.1 Å². The molecule has 1 N–H and O–H groups in total. The molecule has 34 heavy (non-hydrogen) atoms. The fourth-order valence-corrected chi connectivity index (χ4v) is 6.27. The largest absolute Gasteiger partial charge is 0.434 e. The van der Waals surface area contributed by atoms with E-state index in [0.29, 0.717) is 24.3 Å². The summed E-state index contributed by atoms with van der Waals surface area (Å²) in [5.41, 5.74) is 0.700. The van der Waals surface area contributed by atoms with Crippen molar-refractivity contribution in [2.75, 3.05) is 31.1 Å². The van der Waals surface area contributed by atoms with E-state index < -0.39 is 11.9 Å². The van der Waals surface area contributed by atoms with Crippen LogP contribution in [-0.2, 0) is 12.7 Å². The van der Waals surface area contributed by atoms with Crippen molar-refractivity contribution in [1.29, 1.82) is 0 Å². The second-order valence-corrected chi connectivity index (χ2v) is 10.3. The fourth-order valence-electron chi connectivity index (χ4n) is 6.27. The summed E-state index contributed by atoms with van der Waals surface area (Å²) in [4.78, 5) is 26.7. The maximum absolute atomic E-state index is 12.9. The molecule has 1 saturated carbocycles. The molecule has 10 heteroatoms. The molecular formula is C24H27F3N6O. The molecule has 1 aromatic heterocycles. The van der Waals surface area contributed by atoms with Crippen molar-refractivity contribution in [3.8, 4) is 0 Å². The van der Waals surface area contributed by atoms with Crippen molar-refractivity contribution in [2.24, 2.45) is 5.41 Å². The number of anilines is 1. The lowest BCUT2D eigenvalue weighted by Gasteiger charge is -2.59. The summed E-state index contributed by atoms with van der Waals surface area (Å²) >= 11 is 0. The SMILES string of the molecule is O=C(NC1CC2(C1)CN(Cc1ccccc1)C2)N1C[C@@H]2C[C@H]1CN2c1cnc(C(F)(F)F)cn1. The van der Waals surface area contributed by atoms with Gasteiger partial charge in [-0.15, -0.1) is 0 Å². The first-order valence-corrected chi connectivity index (χ1v) is 11.8. The van der Waals surface area contributed by atoms with Crippen LogP contribution >= 0.6 is 0 Å². The first-order chi connectivity index (χ1) is 16.3. The molecule has 4 fully saturated rings. The first kappa shape index (κ1) is 21.6. The lowest BCUT2D eigenvalue weighted by atomic mass is 9.60. The van der Waals surface area contributed by atoms with Crippen LogP contribution in [0, 0.1) is 5.41 Å². The van der Waals surface area contributed by atoms with Crippen LogP contribution in [-0.4, -0.2) is 70.1 Å². The van der Waals surface area contributed by atoms with Crippen molar-refractivity contribution in [3.63, 3.8) is 0 Å². The Labute approximate surface area is 196 Å². The van der Waals surface area contributed by atoms with Gasteiger partial charge < -0.3 is 15.1 Å². The Kier molecular flexibility index (Phi) is 4.98. The Hall–Kier alpha value is -2.88. The zero-order chi connectivity index (χ0) is 23.5. The van der Waals surface area contributed by atoms with Gasteiger partial charge in [-0.3, -0.25) is 4.90 Å². The van der Waals surface area contributed by atoms with E-state index in [1.807, 2.05) is 15.9 Å². The number of rotatable bonds is 4. The van der Waals surface area contributed by atoms with Gasteiger partial charge in [0.2, 0.25) is 0 Å². The van der Waals surface area contributed by atoms with E-state index in [0.717, 1.165) is 45.1 Å². The van der Waals surface area contributed by atoms with Crippen molar-refractivity contribution in [1.82, 2.24) is 25.1 Å². The molecule has 4 heterocycles. The molecule has 2 atom stereocenters. The average Bonchev–Trinajstić information content (AvgIpc) is 3.37. The number of fused-ring (bicyclic) bond motifs is 2. The van der Waals surface area contributed by atoms with Gasteiger partial charge in [-0.25, -0.2) is 14.8 Å². The van der Waals surface area contributed by atoms with Gasteiger partial charge >= 0.3 is 12.2 Å². The van der Waals surface area contributed by atoms with Gasteiger partial charge in [0.05, 0.1) is 24.5 Å². The molecule has 1 spiro atoms. The van der Waals surface area contributed by atoms with E-state index >= 15 is 0 Å². The number of likely N-dealkylation sites (tertiary alicyclic amines) is 2. The van der Waals surface area contributed by atoms with E-state index in [1.165, 1.54) is 11.8 Å². The third kappa shape index (κ3) is 3.87. The molecule has 6 rings (SSSR count). The molecule has 3 aliphatic heterocycles. The molecule has 3 saturated heterocycles. The summed E-state index contributed by atoms with van der Waals surface area (Å²) in [7, 11) is 0. The molecule has 2 amide bonds. The second kappa shape index (κ2) is 7.83. The standard InChI is InChI=1S/C24H27F3N6O/c25-24(26,27)20-9-29-21(10-28-20)32-12-19-6-18(32)13-33(19)22(34)30-17-7-23(8-17)14-31(15-23)11-16-4-2-1-3-5-16/h1-5,9-10,17-19H,6-8,11-15H2,(H,30,34)/t18-,19-/m0/s1. The number of alkyl halides is 3. The van der Waals surface area contributed by atoms with Crippen molar-refractivity contribution < 1.29 is 18.0 Å². The Balaban J connectivity index is 0.963. The Morgan fingerprint density at radius 1 is 1.06 bits per heavy atom. The Bertz CT molecular complexity index is 1050. The van der Waals surface area contributed by atoms with E-state index in [4.69, 9.17) is 0 Å². The minimum Gasteiger partial charge on any atom is -0.348 e. The number of amides is 2. The highest BCUT2D eigenvalue weighted by Gasteiger charge is 2.53. The Morgan fingerprint density at radius 2 is 1.82 bits per heavy atom. The van der Waals surface area contributed by atoms with E-state index in [-0.39, 0.29) is 24.2 Å². The van der Waals surface area contributed by atoms with Crippen LogP contribution in [0.5, 0.6) is 0 Å². The monoisotopic (exact) mass is 472 g/mol. The third-order valence-corrected chi connectivity index (χ3v) is 7.78. The van der Waals surface area contributed by atoms with Crippen LogP contribution in [0.25, 0.3) is 0 Å². The smallest absolute Gasteiger partial charge is 0.348 e. The van der Waals surface area contributed by atoms with Crippen molar-refractivity contribution >= 4 is 11.8 Å². The van der Waals surface area contributed by atoms with Gasteiger partial charge in [0.15, 0.2) is 5.69 Å². The number of hydrogen-bond donors (Lipinski definition) is 1. The third-order valence-electron chi connectivity index (χ3n) is 7.78. The molecule has 2 bridgehead atoms. The minimum absolute atomic E-state index is 0.0223. The van der Waals surface area contributed by atoms with E-state index in [2.05, 4.69) is 44.5 Å². The van der Waals surface area contributed by atoms with Crippen LogP contribution in [0.3, 0.4) is 0 Å². The summed E-state index contributed by atoms with van der Waals surface area (Å²) in [5, 5.41) is 3.21. The molecule has 1 aliphatic carbocycles. The fraction of sp³-hybridized carbons (Fsp3) is 0.542. The zero-order valence-electron chi connectivity index (χ0n) is 18.7. The maximum Gasteiger partial charge on any atom is 0.434 e. The van der Waals surface area contributed by atoms with Crippen LogP contribution in [0.15, 0.2) is 42.7 Å². The number of hydrogen-bond acceptors (Lipinski definition) is 5. The number of benzene rings is 1. The maximum atomic E-state index is 12.9. The molecule has 4 aliphatic rings. The summed E-state index contributed by atoms with van der Waals surface area (Å²) in [5.74, 6) is 0.437. The zero-order valence-corrected chi connectivity index (χ0v) is 18.7. The number of carbonyl (C=O) groups excluding carboxylic acids is 1. The highest BCUT2D eigenvalue weighted by atomic mass is 19.4. The molecule has 0 unspecified atom stereocenters. The molecular weight excluding hydrogens is 445 g/mol. The molecule has 180 valence electrons. The number of aromatic nitrogens is 2. The summed E-state index contributed by atoms with van der Waals surface area (Å²) < 4.78 is 38.2.